The second-order valence-electron chi connectivity index (χ2n) is 8.48. The molecule has 0 atom stereocenters. The van der Waals surface area contributed by atoms with Gasteiger partial charge in [-0.2, -0.15) is 0 Å². The Labute approximate surface area is 165 Å². The first-order valence-electron chi connectivity index (χ1n) is 8.41. The van der Waals surface area contributed by atoms with Crippen molar-refractivity contribution in [2.45, 2.75) is 52.4 Å². The summed E-state index contributed by atoms with van der Waals surface area (Å²) >= 11 is 11.9. The zero-order valence-corrected chi connectivity index (χ0v) is 17.5. The smallest absolute Gasteiger partial charge is 0.152 e. The second-order valence-corrected chi connectivity index (χ2v) is 9.30. The van der Waals surface area contributed by atoms with Gasteiger partial charge in [0, 0.05) is 17.3 Å². The van der Waals surface area contributed by atoms with Gasteiger partial charge in [-0.25, -0.2) is 0 Å². The Morgan fingerprint density at radius 2 is 1.19 bits per heavy atom. The van der Waals surface area contributed by atoms with E-state index in [1.807, 2.05) is 12.1 Å². The van der Waals surface area contributed by atoms with Gasteiger partial charge in [0.25, 0.3) is 0 Å². The van der Waals surface area contributed by atoms with Crippen LogP contribution in [0.2, 0.25) is 10.0 Å². The molecule has 0 spiro atoms. The van der Waals surface area contributed by atoms with E-state index in [1.54, 1.807) is 18.3 Å². The van der Waals surface area contributed by atoms with Crippen LogP contribution in [0.15, 0.2) is 29.3 Å². The molecule has 0 aliphatic carbocycles. The van der Waals surface area contributed by atoms with Crippen LogP contribution in [0.1, 0.15) is 58.2 Å². The summed E-state index contributed by atoms with van der Waals surface area (Å²) in [7, 11) is 0. The van der Waals surface area contributed by atoms with Crippen molar-refractivity contribution in [3.05, 3.63) is 51.0 Å². The van der Waals surface area contributed by atoms with Crippen LogP contribution in [0.25, 0.3) is 0 Å². The Morgan fingerprint density at radius 1 is 0.769 bits per heavy atom. The molecule has 0 unspecified atom stereocenters. The molecule has 5 heteroatoms. The zero-order valence-electron chi connectivity index (χ0n) is 16.0. The number of benzene rings is 2. The van der Waals surface area contributed by atoms with E-state index in [0.717, 1.165) is 16.7 Å². The maximum Gasteiger partial charge on any atom is 0.152 e. The van der Waals surface area contributed by atoms with Crippen molar-refractivity contribution in [3.8, 4) is 11.5 Å². The Kier molecular flexibility index (Phi) is 5.65. The van der Waals surface area contributed by atoms with Gasteiger partial charge in [-0.15, -0.1) is 0 Å². The van der Waals surface area contributed by atoms with Crippen LogP contribution in [-0.2, 0) is 10.8 Å². The summed E-state index contributed by atoms with van der Waals surface area (Å²) in [6, 6.07) is 6.99. The Bertz CT molecular complexity index is 801. The molecule has 140 valence electrons. The molecule has 0 bridgehead atoms. The number of hydrogen-bond donors (Lipinski definition) is 2. The lowest BCUT2D eigenvalue weighted by Crippen LogP contribution is -2.17. The van der Waals surface area contributed by atoms with Gasteiger partial charge in [0.2, 0.25) is 0 Å². The van der Waals surface area contributed by atoms with Crippen LogP contribution in [-0.4, -0.2) is 16.4 Å². The lowest BCUT2D eigenvalue weighted by molar-refractivity contribution is 0.423. The number of aromatic hydroxyl groups is 2. The molecule has 2 aromatic carbocycles. The van der Waals surface area contributed by atoms with E-state index < -0.39 is 0 Å². The highest BCUT2D eigenvalue weighted by atomic mass is 35.5. The molecule has 0 heterocycles. The van der Waals surface area contributed by atoms with Crippen LogP contribution in [0.3, 0.4) is 0 Å². The summed E-state index contributed by atoms with van der Waals surface area (Å²) in [5, 5.41) is 20.7. The third-order valence-corrected chi connectivity index (χ3v) is 4.69. The van der Waals surface area contributed by atoms with E-state index in [9.17, 15) is 10.2 Å². The number of phenols is 2. The van der Waals surface area contributed by atoms with Gasteiger partial charge in [0.05, 0.1) is 15.7 Å². The van der Waals surface area contributed by atoms with Crippen LogP contribution in [0.5, 0.6) is 11.5 Å². The molecule has 0 radical (unpaired) electrons. The molecular formula is C21H25Cl2NO2. The van der Waals surface area contributed by atoms with Gasteiger partial charge in [0.1, 0.15) is 5.75 Å². The summed E-state index contributed by atoms with van der Waals surface area (Å²) in [4.78, 5) is 4.43. The summed E-state index contributed by atoms with van der Waals surface area (Å²) in [6.07, 6.45) is 1.71. The van der Waals surface area contributed by atoms with Gasteiger partial charge in [-0.3, -0.25) is 4.99 Å². The number of rotatable bonds is 2. The van der Waals surface area contributed by atoms with Gasteiger partial charge >= 0.3 is 0 Å². The quantitative estimate of drug-likeness (QED) is 0.554. The minimum Gasteiger partial charge on any atom is -0.507 e. The van der Waals surface area contributed by atoms with E-state index >= 15 is 0 Å². The summed E-state index contributed by atoms with van der Waals surface area (Å²) in [5.74, 6) is 0.180. The predicted octanol–water partition coefficient (Wildman–Crippen LogP) is 6.75. The molecule has 2 N–H and O–H groups in total. The lowest BCUT2D eigenvalue weighted by Gasteiger charge is -2.27. The van der Waals surface area contributed by atoms with E-state index in [2.05, 4.69) is 46.5 Å². The molecule has 0 aliphatic rings. The van der Waals surface area contributed by atoms with Gasteiger partial charge in [-0.1, -0.05) is 64.7 Å². The van der Waals surface area contributed by atoms with Crippen LogP contribution >= 0.6 is 23.2 Å². The molecular weight excluding hydrogens is 369 g/mol. The number of aliphatic imine (C=N–C) groups is 1. The fraction of sp³-hybridized carbons (Fsp3) is 0.381. The largest absolute Gasteiger partial charge is 0.507 e. The zero-order chi connectivity index (χ0) is 19.9. The maximum atomic E-state index is 10.8. The Balaban J connectivity index is 2.56. The average Bonchev–Trinajstić information content (AvgIpc) is 2.49. The highest BCUT2D eigenvalue weighted by molar-refractivity contribution is 6.37. The summed E-state index contributed by atoms with van der Waals surface area (Å²) in [6.45, 7) is 12.4. The Morgan fingerprint density at radius 3 is 1.58 bits per heavy atom. The van der Waals surface area contributed by atoms with Crippen LogP contribution < -0.4 is 0 Å². The Hall–Kier alpha value is -1.71. The highest BCUT2D eigenvalue weighted by Gasteiger charge is 2.26. The van der Waals surface area contributed by atoms with Gasteiger partial charge < -0.3 is 10.2 Å². The highest BCUT2D eigenvalue weighted by Crippen LogP contribution is 2.40. The lowest BCUT2D eigenvalue weighted by atomic mass is 9.78. The minimum atomic E-state index is -0.209. The van der Waals surface area contributed by atoms with Crippen LogP contribution in [0.4, 0.5) is 5.69 Å². The van der Waals surface area contributed by atoms with Gasteiger partial charge in [0.15, 0.2) is 5.75 Å². The molecule has 3 nitrogen and oxygen atoms in total. The third-order valence-electron chi connectivity index (χ3n) is 4.11. The third kappa shape index (κ3) is 4.52. The average molecular weight is 394 g/mol. The molecule has 2 rings (SSSR count). The summed E-state index contributed by atoms with van der Waals surface area (Å²) < 4.78 is 0. The molecule has 0 saturated carbocycles. The molecule has 2 aromatic rings. The van der Waals surface area contributed by atoms with Crippen LogP contribution in [0, 0.1) is 0 Å². The van der Waals surface area contributed by atoms with E-state index in [4.69, 9.17) is 23.2 Å². The second kappa shape index (κ2) is 7.13. The first-order valence-corrected chi connectivity index (χ1v) is 9.16. The van der Waals surface area contributed by atoms with E-state index in [-0.39, 0.29) is 26.6 Å². The summed E-state index contributed by atoms with van der Waals surface area (Å²) in [5.41, 5.74) is 2.73. The topological polar surface area (TPSA) is 52.8 Å². The minimum absolute atomic E-state index is 0.151. The van der Waals surface area contributed by atoms with E-state index in [0.29, 0.717) is 11.4 Å². The van der Waals surface area contributed by atoms with Crippen molar-refractivity contribution < 1.29 is 10.2 Å². The molecule has 0 aromatic heterocycles. The van der Waals surface area contributed by atoms with Crippen molar-refractivity contribution in [2.75, 3.05) is 0 Å². The number of hydrogen-bond acceptors (Lipinski definition) is 3. The standard InChI is InChI=1S/C21H25Cl2NO2/c1-20(2,3)14-7-12(8-15(18(14)25)21(4,5)6)11-24-13-9-16(22)19(26)17(23)10-13/h7-11,25-26H,1-6H3. The molecule has 0 saturated heterocycles. The monoisotopic (exact) mass is 393 g/mol. The van der Waals surface area contributed by atoms with Gasteiger partial charge in [-0.05, 0) is 40.7 Å². The molecule has 0 amide bonds. The number of nitrogens with zero attached hydrogens (tertiary/aromatic N) is 1. The number of phenolic OH excluding ortho intramolecular Hbond substituents is 2. The van der Waals surface area contributed by atoms with E-state index in [1.165, 1.54) is 0 Å². The van der Waals surface area contributed by atoms with Crippen molar-refractivity contribution in [3.63, 3.8) is 0 Å². The molecule has 0 fully saturated rings. The first-order chi connectivity index (χ1) is 11.8. The van der Waals surface area contributed by atoms with Crippen molar-refractivity contribution in [2.24, 2.45) is 4.99 Å². The number of halogens is 2. The molecule has 26 heavy (non-hydrogen) atoms. The van der Waals surface area contributed by atoms with Crippen molar-refractivity contribution in [1.29, 1.82) is 0 Å². The normalized spacial score (nSPS) is 12.8. The predicted molar refractivity (Wildman–Crippen MR) is 111 cm³/mol. The van der Waals surface area contributed by atoms with Crippen molar-refractivity contribution in [1.82, 2.24) is 0 Å². The molecule has 0 aliphatic heterocycles. The first kappa shape index (κ1) is 20.6. The SMILES string of the molecule is CC(C)(C)c1cc(C=Nc2cc(Cl)c(O)c(Cl)c2)cc(C(C)(C)C)c1O. The fourth-order valence-electron chi connectivity index (χ4n) is 2.65. The maximum absolute atomic E-state index is 10.8. The van der Waals surface area contributed by atoms with Crippen molar-refractivity contribution >= 4 is 35.1 Å². The fourth-order valence-corrected chi connectivity index (χ4v) is 3.13.